The molecule has 0 aliphatic heterocycles. The molecule has 0 aliphatic rings. The van der Waals surface area contributed by atoms with Gasteiger partial charge in [0.1, 0.15) is 12.2 Å². The number of benzene rings is 1. The van der Waals surface area contributed by atoms with E-state index in [0.29, 0.717) is 6.54 Å². The maximum atomic E-state index is 13.1. The lowest BCUT2D eigenvalue weighted by molar-refractivity contribution is 0.500. The highest BCUT2D eigenvalue weighted by atomic mass is 19.2. The highest BCUT2D eigenvalue weighted by molar-refractivity contribution is 5.20. The van der Waals surface area contributed by atoms with Crippen molar-refractivity contribution in [2.75, 3.05) is 6.54 Å². The van der Waals surface area contributed by atoms with E-state index in [0.717, 1.165) is 23.9 Å². The topological polar surface area (TPSA) is 42.7 Å². The fourth-order valence-electron chi connectivity index (χ4n) is 1.83. The van der Waals surface area contributed by atoms with Gasteiger partial charge in [-0.25, -0.2) is 8.78 Å². The minimum Gasteiger partial charge on any atom is -0.321 e. The fraction of sp³-hybridized carbons (Fsp3) is 0.385. The van der Waals surface area contributed by atoms with E-state index >= 15 is 0 Å². The van der Waals surface area contributed by atoms with E-state index in [2.05, 4.69) is 15.5 Å². The minimum absolute atomic E-state index is 0.0525. The Morgan fingerprint density at radius 2 is 2.11 bits per heavy atom. The molecule has 1 heterocycles. The van der Waals surface area contributed by atoms with Gasteiger partial charge in [-0.1, -0.05) is 6.07 Å². The second kappa shape index (κ2) is 5.88. The lowest BCUT2D eigenvalue weighted by atomic mass is 10.1. The molecule has 1 aromatic carbocycles. The minimum atomic E-state index is -0.824. The SMILES string of the molecule is CC(NCCc1nncn1C)c1ccc(F)c(F)c1. The van der Waals surface area contributed by atoms with Crippen molar-refractivity contribution in [3.63, 3.8) is 0 Å². The number of hydrogen-bond donors (Lipinski definition) is 1. The summed E-state index contributed by atoms with van der Waals surface area (Å²) in [5, 5.41) is 11.0. The zero-order valence-corrected chi connectivity index (χ0v) is 10.9. The van der Waals surface area contributed by atoms with E-state index in [1.807, 2.05) is 18.5 Å². The van der Waals surface area contributed by atoms with Gasteiger partial charge in [-0.2, -0.15) is 0 Å². The van der Waals surface area contributed by atoms with Crippen LogP contribution in [0.25, 0.3) is 0 Å². The lowest BCUT2D eigenvalue weighted by Crippen LogP contribution is -2.22. The molecule has 0 saturated heterocycles. The quantitative estimate of drug-likeness (QED) is 0.900. The van der Waals surface area contributed by atoms with Crippen molar-refractivity contribution < 1.29 is 8.78 Å². The van der Waals surface area contributed by atoms with Crippen molar-refractivity contribution >= 4 is 0 Å². The highest BCUT2D eigenvalue weighted by Crippen LogP contribution is 2.15. The Kier molecular flexibility index (Phi) is 4.21. The first-order chi connectivity index (χ1) is 9.08. The summed E-state index contributed by atoms with van der Waals surface area (Å²) in [5.74, 6) is -0.764. The van der Waals surface area contributed by atoms with Gasteiger partial charge in [0.2, 0.25) is 0 Å². The van der Waals surface area contributed by atoms with Crippen LogP contribution in [-0.2, 0) is 13.5 Å². The van der Waals surface area contributed by atoms with Crippen LogP contribution >= 0.6 is 0 Å². The van der Waals surface area contributed by atoms with Gasteiger partial charge in [-0.05, 0) is 24.6 Å². The second-order valence-electron chi connectivity index (χ2n) is 4.46. The summed E-state index contributed by atoms with van der Waals surface area (Å²) in [6.07, 6.45) is 2.37. The van der Waals surface area contributed by atoms with Gasteiger partial charge in [0.25, 0.3) is 0 Å². The molecule has 0 saturated carbocycles. The van der Waals surface area contributed by atoms with Gasteiger partial charge >= 0.3 is 0 Å². The number of halogens is 2. The lowest BCUT2D eigenvalue weighted by Gasteiger charge is -2.14. The van der Waals surface area contributed by atoms with Gasteiger partial charge in [0, 0.05) is 26.1 Å². The molecular formula is C13H16F2N4. The molecule has 0 radical (unpaired) electrons. The van der Waals surface area contributed by atoms with Crippen LogP contribution < -0.4 is 5.32 Å². The number of nitrogens with one attached hydrogen (secondary N) is 1. The second-order valence-corrected chi connectivity index (χ2v) is 4.46. The Labute approximate surface area is 110 Å². The van der Waals surface area contributed by atoms with Gasteiger partial charge in [0.05, 0.1) is 0 Å². The van der Waals surface area contributed by atoms with E-state index in [9.17, 15) is 8.78 Å². The van der Waals surface area contributed by atoms with Crippen molar-refractivity contribution in [2.45, 2.75) is 19.4 Å². The van der Waals surface area contributed by atoms with Gasteiger partial charge < -0.3 is 9.88 Å². The molecule has 1 N–H and O–H groups in total. The van der Waals surface area contributed by atoms with Crippen LogP contribution in [0.3, 0.4) is 0 Å². The summed E-state index contributed by atoms with van der Waals surface area (Å²) in [7, 11) is 1.88. The van der Waals surface area contributed by atoms with Crippen LogP contribution in [0.5, 0.6) is 0 Å². The molecule has 0 amide bonds. The first kappa shape index (κ1) is 13.6. The van der Waals surface area contributed by atoms with Crippen LogP contribution in [0.4, 0.5) is 8.78 Å². The number of aryl methyl sites for hydroxylation is 1. The fourth-order valence-corrected chi connectivity index (χ4v) is 1.83. The maximum Gasteiger partial charge on any atom is 0.159 e. The molecule has 4 nitrogen and oxygen atoms in total. The Hall–Kier alpha value is -1.82. The molecular weight excluding hydrogens is 250 g/mol. The highest BCUT2D eigenvalue weighted by Gasteiger charge is 2.09. The van der Waals surface area contributed by atoms with Gasteiger partial charge in [-0.3, -0.25) is 0 Å². The molecule has 0 spiro atoms. The Bertz CT molecular complexity index is 553. The molecule has 1 atom stereocenters. The smallest absolute Gasteiger partial charge is 0.159 e. The molecule has 0 fully saturated rings. The van der Waals surface area contributed by atoms with E-state index in [-0.39, 0.29) is 6.04 Å². The third-order valence-corrected chi connectivity index (χ3v) is 3.05. The van der Waals surface area contributed by atoms with Crippen LogP contribution in [-0.4, -0.2) is 21.3 Å². The Morgan fingerprint density at radius 1 is 1.32 bits per heavy atom. The molecule has 102 valence electrons. The molecule has 1 unspecified atom stereocenters. The van der Waals surface area contributed by atoms with E-state index < -0.39 is 11.6 Å². The maximum absolute atomic E-state index is 13.1. The summed E-state index contributed by atoms with van der Waals surface area (Å²) in [5.41, 5.74) is 0.719. The first-order valence-corrected chi connectivity index (χ1v) is 6.09. The molecule has 6 heteroatoms. The van der Waals surface area contributed by atoms with E-state index in [1.165, 1.54) is 6.07 Å². The monoisotopic (exact) mass is 266 g/mol. The third kappa shape index (κ3) is 3.35. The van der Waals surface area contributed by atoms with Crippen molar-refractivity contribution in [1.29, 1.82) is 0 Å². The first-order valence-electron chi connectivity index (χ1n) is 6.09. The van der Waals surface area contributed by atoms with Crippen LogP contribution in [0.2, 0.25) is 0 Å². The zero-order chi connectivity index (χ0) is 13.8. The Morgan fingerprint density at radius 3 is 2.74 bits per heavy atom. The number of hydrogen-bond acceptors (Lipinski definition) is 3. The number of nitrogens with zero attached hydrogens (tertiary/aromatic N) is 3. The summed E-state index contributed by atoms with van der Waals surface area (Å²) in [6, 6.07) is 3.89. The molecule has 0 bridgehead atoms. The summed E-state index contributed by atoms with van der Waals surface area (Å²) >= 11 is 0. The molecule has 0 aliphatic carbocycles. The van der Waals surface area contributed by atoms with Crippen molar-refractivity contribution in [1.82, 2.24) is 20.1 Å². The van der Waals surface area contributed by atoms with Gasteiger partial charge in [0.15, 0.2) is 11.6 Å². The van der Waals surface area contributed by atoms with E-state index in [1.54, 1.807) is 12.4 Å². The predicted octanol–water partition coefficient (Wildman–Crippen LogP) is 1.99. The van der Waals surface area contributed by atoms with Crippen LogP contribution in [0, 0.1) is 11.6 Å². The summed E-state index contributed by atoms with van der Waals surface area (Å²) in [4.78, 5) is 0. The van der Waals surface area contributed by atoms with Crippen LogP contribution in [0.1, 0.15) is 24.4 Å². The van der Waals surface area contributed by atoms with Crippen molar-refractivity contribution in [3.8, 4) is 0 Å². The molecule has 19 heavy (non-hydrogen) atoms. The van der Waals surface area contributed by atoms with E-state index in [4.69, 9.17) is 0 Å². The predicted molar refractivity (Wildman–Crippen MR) is 67.5 cm³/mol. The van der Waals surface area contributed by atoms with Crippen LogP contribution in [0.15, 0.2) is 24.5 Å². The standard InChI is InChI=1S/C13H16F2N4/c1-9(10-3-4-11(14)12(15)7-10)16-6-5-13-18-17-8-19(13)2/h3-4,7-9,16H,5-6H2,1-2H3. The summed E-state index contributed by atoms with van der Waals surface area (Å²) < 4.78 is 27.8. The molecule has 1 aromatic heterocycles. The normalized spacial score (nSPS) is 12.6. The van der Waals surface area contributed by atoms with Crippen molar-refractivity contribution in [3.05, 3.63) is 47.5 Å². The summed E-state index contributed by atoms with van der Waals surface area (Å²) in [6.45, 7) is 2.59. The number of rotatable bonds is 5. The molecule has 2 rings (SSSR count). The average molecular weight is 266 g/mol. The number of aromatic nitrogens is 3. The zero-order valence-electron chi connectivity index (χ0n) is 10.9. The van der Waals surface area contributed by atoms with Crippen molar-refractivity contribution in [2.24, 2.45) is 7.05 Å². The van der Waals surface area contributed by atoms with Gasteiger partial charge in [-0.15, -0.1) is 10.2 Å². The Balaban J connectivity index is 1.89. The average Bonchev–Trinajstić information content (AvgIpc) is 2.78. The third-order valence-electron chi connectivity index (χ3n) is 3.05. The largest absolute Gasteiger partial charge is 0.321 e. The molecule has 2 aromatic rings.